The van der Waals surface area contributed by atoms with Gasteiger partial charge in [0.25, 0.3) is 5.91 Å². The Kier molecular flexibility index (Phi) is 7.05. The zero-order chi connectivity index (χ0) is 16.3. The highest BCUT2D eigenvalue weighted by Gasteiger charge is 2.17. The molecular formula is C14H18Cl2N4O2S. The Labute approximate surface area is 149 Å². The zero-order valence-corrected chi connectivity index (χ0v) is 15.3. The van der Waals surface area contributed by atoms with Crippen LogP contribution in [0, 0.1) is 5.92 Å². The van der Waals surface area contributed by atoms with Crippen molar-refractivity contribution in [3.05, 3.63) is 27.7 Å². The highest BCUT2D eigenvalue weighted by Crippen LogP contribution is 2.29. The molecule has 3 N–H and O–H groups in total. The molecule has 0 spiro atoms. The molecule has 23 heavy (non-hydrogen) atoms. The topological polar surface area (TPSA) is 90.1 Å². The van der Waals surface area contributed by atoms with E-state index in [1.165, 1.54) is 30.6 Å². The molecule has 0 unspecified atom stereocenters. The first-order valence-corrected chi connectivity index (χ1v) is 7.87. The van der Waals surface area contributed by atoms with Crippen LogP contribution in [0.4, 0.5) is 10.8 Å². The summed E-state index contributed by atoms with van der Waals surface area (Å²) in [6.45, 7) is 4.20. The van der Waals surface area contributed by atoms with Crippen LogP contribution >= 0.6 is 35.3 Å². The number of hydrogen-bond acceptors (Lipinski definition) is 6. The summed E-state index contributed by atoms with van der Waals surface area (Å²) >= 11 is 7.32. The molecule has 0 fully saturated rings. The highest BCUT2D eigenvalue weighted by molar-refractivity contribution is 7.15. The average molecular weight is 377 g/mol. The van der Waals surface area contributed by atoms with Gasteiger partial charge in [0.1, 0.15) is 10.8 Å². The summed E-state index contributed by atoms with van der Waals surface area (Å²) in [6.07, 6.45) is 0.824. The second-order valence-electron chi connectivity index (χ2n) is 5.13. The van der Waals surface area contributed by atoms with Crippen molar-refractivity contribution in [2.24, 2.45) is 5.92 Å². The van der Waals surface area contributed by atoms with Crippen molar-refractivity contribution in [2.75, 3.05) is 18.2 Å². The molecule has 2 aromatic rings. The number of methoxy groups -OCH3 is 1. The normalized spacial score (nSPS) is 10.3. The Morgan fingerprint density at radius 3 is 2.74 bits per heavy atom. The number of aromatic nitrogens is 2. The van der Waals surface area contributed by atoms with Gasteiger partial charge >= 0.3 is 0 Å². The molecule has 1 amide bonds. The van der Waals surface area contributed by atoms with Crippen molar-refractivity contribution in [1.29, 1.82) is 0 Å². The Morgan fingerprint density at radius 1 is 1.43 bits per heavy atom. The molecule has 9 heteroatoms. The van der Waals surface area contributed by atoms with Gasteiger partial charge in [-0.3, -0.25) is 10.1 Å². The first-order valence-electron chi connectivity index (χ1n) is 6.67. The molecule has 0 saturated carbocycles. The third-order valence-corrected chi connectivity index (χ3v) is 4.02. The monoisotopic (exact) mass is 376 g/mol. The number of nitrogens with zero attached hydrogens (tertiary/aromatic N) is 2. The summed E-state index contributed by atoms with van der Waals surface area (Å²) in [7, 11) is 1.46. The van der Waals surface area contributed by atoms with Crippen LogP contribution in [0.5, 0.6) is 5.75 Å². The third-order valence-electron chi connectivity index (χ3n) is 2.83. The predicted molar refractivity (Wildman–Crippen MR) is 96.1 cm³/mol. The van der Waals surface area contributed by atoms with Crippen molar-refractivity contribution in [1.82, 2.24) is 10.2 Å². The molecule has 0 bridgehead atoms. The summed E-state index contributed by atoms with van der Waals surface area (Å²) in [6, 6.07) is 2.99. The quantitative estimate of drug-likeness (QED) is 0.777. The molecule has 2 rings (SSSR count). The molecule has 1 aromatic carbocycles. The number of rotatable bonds is 5. The van der Waals surface area contributed by atoms with E-state index >= 15 is 0 Å². The Balaban J connectivity index is 0.00000264. The number of halogens is 2. The largest absolute Gasteiger partial charge is 0.496 e. The van der Waals surface area contributed by atoms with Gasteiger partial charge < -0.3 is 10.5 Å². The number of benzene rings is 1. The minimum absolute atomic E-state index is 0. The molecule has 0 saturated heterocycles. The van der Waals surface area contributed by atoms with Crippen LogP contribution in [0.15, 0.2) is 12.1 Å². The fraction of sp³-hybridized carbons (Fsp3) is 0.357. The van der Waals surface area contributed by atoms with E-state index < -0.39 is 0 Å². The van der Waals surface area contributed by atoms with E-state index in [0.29, 0.717) is 33.1 Å². The third kappa shape index (κ3) is 4.95. The van der Waals surface area contributed by atoms with Crippen molar-refractivity contribution >= 4 is 52.1 Å². The van der Waals surface area contributed by atoms with Crippen molar-refractivity contribution < 1.29 is 9.53 Å². The average Bonchev–Trinajstić information content (AvgIpc) is 2.87. The van der Waals surface area contributed by atoms with E-state index in [4.69, 9.17) is 22.1 Å². The maximum atomic E-state index is 12.3. The second-order valence-corrected chi connectivity index (χ2v) is 6.60. The number of hydrogen-bond donors (Lipinski definition) is 2. The predicted octanol–water partition coefficient (Wildman–Crippen LogP) is 3.65. The smallest absolute Gasteiger partial charge is 0.261 e. The number of nitrogens with two attached hydrogens (primary N) is 1. The van der Waals surface area contributed by atoms with Gasteiger partial charge in [-0.25, -0.2) is 0 Å². The first kappa shape index (κ1) is 19.5. The number of nitrogen functional groups attached to an aromatic ring is 1. The van der Waals surface area contributed by atoms with E-state index in [-0.39, 0.29) is 18.3 Å². The van der Waals surface area contributed by atoms with Gasteiger partial charge in [0.15, 0.2) is 0 Å². The molecule has 0 aliphatic rings. The number of ether oxygens (including phenoxy) is 1. The second kappa shape index (κ2) is 8.33. The lowest BCUT2D eigenvalue weighted by Crippen LogP contribution is -2.13. The lowest BCUT2D eigenvalue weighted by Gasteiger charge is -2.09. The van der Waals surface area contributed by atoms with Gasteiger partial charge in [-0.15, -0.1) is 22.6 Å². The molecule has 1 aromatic heterocycles. The van der Waals surface area contributed by atoms with Crippen LogP contribution in [0.1, 0.15) is 29.2 Å². The summed E-state index contributed by atoms with van der Waals surface area (Å²) < 4.78 is 5.17. The molecule has 0 aliphatic carbocycles. The molecule has 6 nitrogen and oxygen atoms in total. The highest BCUT2D eigenvalue weighted by atomic mass is 35.5. The molecule has 126 valence electrons. The first-order chi connectivity index (χ1) is 10.4. The molecule has 0 aliphatic heterocycles. The lowest BCUT2D eigenvalue weighted by atomic mass is 10.1. The van der Waals surface area contributed by atoms with Crippen LogP contribution in [-0.4, -0.2) is 23.2 Å². The van der Waals surface area contributed by atoms with Crippen LogP contribution in [0.2, 0.25) is 5.02 Å². The van der Waals surface area contributed by atoms with Gasteiger partial charge in [-0.2, -0.15) is 0 Å². The summed E-state index contributed by atoms with van der Waals surface area (Å²) in [5.74, 6) is 0.463. The van der Waals surface area contributed by atoms with Crippen LogP contribution in [0.3, 0.4) is 0 Å². The molecule has 0 atom stereocenters. The zero-order valence-electron chi connectivity index (χ0n) is 12.9. The minimum Gasteiger partial charge on any atom is -0.496 e. The Morgan fingerprint density at radius 2 is 2.13 bits per heavy atom. The lowest BCUT2D eigenvalue weighted by molar-refractivity contribution is 0.102. The molecule has 1 heterocycles. The standard InChI is InChI=1S/C14H17ClN4O2S.ClH/c1-7(2)4-12-18-19-14(22-12)17-13(20)8-5-9(15)10(16)6-11(8)21-3;/h5-7H,4,16H2,1-3H3,(H,17,19,20);1H. The van der Waals surface area contributed by atoms with Crippen molar-refractivity contribution in [3.8, 4) is 5.75 Å². The van der Waals surface area contributed by atoms with Crippen molar-refractivity contribution in [3.63, 3.8) is 0 Å². The maximum absolute atomic E-state index is 12.3. The maximum Gasteiger partial charge on any atom is 0.261 e. The summed E-state index contributed by atoms with van der Waals surface area (Å²) in [5.41, 5.74) is 6.35. The minimum atomic E-state index is -0.369. The SMILES string of the molecule is COc1cc(N)c(Cl)cc1C(=O)Nc1nnc(CC(C)C)s1.Cl. The van der Waals surface area contributed by atoms with Crippen LogP contribution in [-0.2, 0) is 6.42 Å². The summed E-state index contributed by atoms with van der Waals surface area (Å²) in [5, 5.41) is 12.3. The van der Waals surface area contributed by atoms with Crippen LogP contribution in [0.25, 0.3) is 0 Å². The number of carbonyl (C=O) groups is 1. The van der Waals surface area contributed by atoms with Gasteiger partial charge in [-0.1, -0.05) is 36.8 Å². The van der Waals surface area contributed by atoms with Gasteiger partial charge in [0.2, 0.25) is 5.13 Å². The van der Waals surface area contributed by atoms with E-state index in [0.717, 1.165) is 11.4 Å². The van der Waals surface area contributed by atoms with E-state index in [1.54, 1.807) is 0 Å². The number of carbonyl (C=O) groups excluding carboxylic acids is 1. The van der Waals surface area contributed by atoms with Gasteiger partial charge in [0, 0.05) is 12.5 Å². The fourth-order valence-electron chi connectivity index (χ4n) is 1.82. The Hall–Kier alpha value is -1.57. The van der Waals surface area contributed by atoms with Crippen LogP contribution < -0.4 is 15.8 Å². The van der Waals surface area contributed by atoms with Crippen molar-refractivity contribution in [2.45, 2.75) is 20.3 Å². The van der Waals surface area contributed by atoms with E-state index in [2.05, 4.69) is 29.4 Å². The number of amides is 1. The number of nitrogens with one attached hydrogen (secondary N) is 1. The Bertz CT molecular complexity index is 691. The van der Waals surface area contributed by atoms with E-state index in [9.17, 15) is 4.79 Å². The molecule has 0 radical (unpaired) electrons. The number of anilines is 2. The molecular weight excluding hydrogens is 359 g/mol. The van der Waals surface area contributed by atoms with E-state index in [1.807, 2.05) is 0 Å². The summed E-state index contributed by atoms with van der Waals surface area (Å²) in [4.78, 5) is 12.3. The van der Waals surface area contributed by atoms with Gasteiger partial charge in [0.05, 0.1) is 23.4 Å². The van der Waals surface area contributed by atoms with Gasteiger partial charge in [-0.05, 0) is 12.0 Å². The fourth-order valence-corrected chi connectivity index (χ4v) is 2.93.